The fourth-order valence-corrected chi connectivity index (χ4v) is 3.01. The zero-order valence-corrected chi connectivity index (χ0v) is 12.6. The lowest BCUT2D eigenvalue weighted by molar-refractivity contribution is 0.309. The molecule has 3 N–H and O–H groups in total. The van der Waals surface area contributed by atoms with E-state index in [9.17, 15) is 0 Å². The van der Waals surface area contributed by atoms with Crippen molar-refractivity contribution in [2.75, 3.05) is 6.61 Å². The van der Waals surface area contributed by atoms with E-state index in [4.69, 9.17) is 10.6 Å². The number of hydrogen-bond acceptors (Lipinski definition) is 3. The fraction of sp³-hybridized carbons (Fsp3) is 0.647. The summed E-state index contributed by atoms with van der Waals surface area (Å²) in [6.07, 6.45) is 8.90. The SMILES string of the molecule is CCCCOc1ccc(C(CC2CCCC2)NN)cc1. The van der Waals surface area contributed by atoms with E-state index in [2.05, 4.69) is 36.6 Å². The van der Waals surface area contributed by atoms with Crippen LogP contribution in [0.2, 0.25) is 0 Å². The molecular weight excluding hydrogens is 248 g/mol. The van der Waals surface area contributed by atoms with Gasteiger partial charge in [-0.1, -0.05) is 51.2 Å². The first kappa shape index (κ1) is 15.3. The molecule has 1 saturated carbocycles. The van der Waals surface area contributed by atoms with E-state index in [1.165, 1.54) is 37.7 Å². The van der Waals surface area contributed by atoms with Crippen LogP contribution in [0.3, 0.4) is 0 Å². The minimum Gasteiger partial charge on any atom is -0.494 e. The van der Waals surface area contributed by atoms with Crippen LogP contribution in [0.25, 0.3) is 0 Å². The molecule has 1 aromatic carbocycles. The number of rotatable bonds is 8. The van der Waals surface area contributed by atoms with Gasteiger partial charge in [0.2, 0.25) is 0 Å². The van der Waals surface area contributed by atoms with Crippen LogP contribution in [0.15, 0.2) is 24.3 Å². The predicted octanol–water partition coefficient (Wildman–Crippen LogP) is 3.95. The van der Waals surface area contributed by atoms with Gasteiger partial charge in [0.25, 0.3) is 0 Å². The van der Waals surface area contributed by atoms with Crippen LogP contribution >= 0.6 is 0 Å². The Labute approximate surface area is 122 Å². The third kappa shape index (κ3) is 4.50. The van der Waals surface area contributed by atoms with Gasteiger partial charge >= 0.3 is 0 Å². The largest absolute Gasteiger partial charge is 0.494 e. The Hall–Kier alpha value is -1.06. The molecule has 3 heteroatoms. The number of nitrogens with two attached hydrogens (primary N) is 1. The highest BCUT2D eigenvalue weighted by Gasteiger charge is 2.20. The molecule has 0 heterocycles. The van der Waals surface area contributed by atoms with E-state index in [0.29, 0.717) is 0 Å². The summed E-state index contributed by atoms with van der Waals surface area (Å²) in [5, 5.41) is 0. The van der Waals surface area contributed by atoms with Crippen molar-refractivity contribution in [2.45, 2.75) is 57.9 Å². The molecule has 0 bridgehead atoms. The Bertz CT molecular complexity index is 371. The summed E-state index contributed by atoms with van der Waals surface area (Å²) >= 11 is 0. The molecule has 1 unspecified atom stereocenters. The summed E-state index contributed by atoms with van der Waals surface area (Å²) in [6, 6.07) is 8.66. The van der Waals surface area contributed by atoms with Crippen molar-refractivity contribution >= 4 is 0 Å². The van der Waals surface area contributed by atoms with E-state index >= 15 is 0 Å². The monoisotopic (exact) mass is 276 g/mol. The van der Waals surface area contributed by atoms with E-state index < -0.39 is 0 Å². The highest BCUT2D eigenvalue weighted by molar-refractivity contribution is 5.29. The molecule has 1 aliphatic carbocycles. The van der Waals surface area contributed by atoms with Crippen molar-refractivity contribution in [1.82, 2.24) is 5.43 Å². The summed E-state index contributed by atoms with van der Waals surface area (Å²) in [6.45, 7) is 2.98. The normalized spacial score (nSPS) is 17.3. The quantitative estimate of drug-likeness (QED) is 0.429. The van der Waals surface area contributed by atoms with Crippen LogP contribution in [0.4, 0.5) is 0 Å². The summed E-state index contributed by atoms with van der Waals surface area (Å²) in [5.74, 6) is 7.53. The van der Waals surface area contributed by atoms with Gasteiger partial charge < -0.3 is 4.74 Å². The Morgan fingerprint density at radius 2 is 1.95 bits per heavy atom. The number of hydrogen-bond donors (Lipinski definition) is 2. The Morgan fingerprint density at radius 3 is 2.55 bits per heavy atom. The van der Waals surface area contributed by atoms with Crippen molar-refractivity contribution < 1.29 is 4.74 Å². The maximum absolute atomic E-state index is 5.74. The van der Waals surface area contributed by atoms with Gasteiger partial charge in [-0.15, -0.1) is 0 Å². The molecule has 20 heavy (non-hydrogen) atoms. The molecular formula is C17H28N2O. The third-order valence-electron chi connectivity index (χ3n) is 4.29. The van der Waals surface area contributed by atoms with Crippen molar-refractivity contribution in [3.8, 4) is 5.75 Å². The molecule has 1 fully saturated rings. The molecule has 0 aromatic heterocycles. The van der Waals surface area contributed by atoms with Crippen molar-refractivity contribution in [3.05, 3.63) is 29.8 Å². The maximum Gasteiger partial charge on any atom is 0.119 e. The maximum atomic E-state index is 5.74. The summed E-state index contributed by atoms with van der Waals surface area (Å²) < 4.78 is 5.70. The van der Waals surface area contributed by atoms with Gasteiger partial charge in [0.15, 0.2) is 0 Å². The lowest BCUT2D eigenvalue weighted by atomic mass is 9.94. The molecule has 1 atom stereocenters. The van der Waals surface area contributed by atoms with Gasteiger partial charge in [-0.25, -0.2) is 0 Å². The number of ether oxygens (including phenoxy) is 1. The second-order valence-corrected chi connectivity index (χ2v) is 5.88. The molecule has 0 saturated heterocycles. The van der Waals surface area contributed by atoms with Gasteiger partial charge in [0.1, 0.15) is 5.75 Å². The molecule has 0 spiro atoms. The second-order valence-electron chi connectivity index (χ2n) is 5.88. The van der Waals surface area contributed by atoms with Gasteiger partial charge in [0.05, 0.1) is 6.61 Å². The van der Waals surface area contributed by atoms with Gasteiger partial charge in [-0.2, -0.15) is 0 Å². The highest BCUT2D eigenvalue weighted by atomic mass is 16.5. The molecule has 112 valence electrons. The number of benzene rings is 1. The summed E-state index contributed by atoms with van der Waals surface area (Å²) in [4.78, 5) is 0. The van der Waals surface area contributed by atoms with Crippen LogP contribution in [-0.4, -0.2) is 6.61 Å². The number of nitrogens with one attached hydrogen (secondary N) is 1. The van der Waals surface area contributed by atoms with Crippen LogP contribution in [0, 0.1) is 5.92 Å². The van der Waals surface area contributed by atoms with E-state index in [-0.39, 0.29) is 6.04 Å². The lowest BCUT2D eigenvalue weighted by Crippen LogP contribution is -2.29. The first-order valence-electron chi connectivity index (χ1n) is 8.02. The number of unbranched alkanes of at least 4 members (excludes halogenated alkanes) is 1. The summed E-state index contributed by atoms with van der Waals surface area (Å²) in [5.41, 5.74) is 4.24. The Balaban J connectivity index is 1.88. The van der Waals surface area contributed by atoms with Crippen LogP contribution in [-0.2, 0) is 0 Å². The lowest BCUT2D eigenvalue weighted by Gasteiger charge is -2.20. The summed E-state index contributed by atoms with van der Waals surface area (Å²) in [7, 11) is 0. The first-order valence-corrected chi connectivity index (χ1v) is 8.02. The fourth-order valence-electron chi connectivity index (χ4n) is 3.01. The average Bonchev–Trinajstić information content (AvgIpc) is 2.99. The molecule has 1 aliphatic rings. The standard InChI is InChI=1S/C17H28N2O/c1-2-3-12-20-16-10-8-15(9-11-16)17(19-18)13-14-6-4-5-7-14/h8-11,14,17,19H,2-7,12-13,18H2,1H3. The van der Waals surface area contributed by atoms with Crippen molar-refractivity contribution in [1.29, 1.82) is 0 Å². The topological polar surface area (TPSA) is 47.3 Å². The van der Waals surface area contributed by atoms with Crippen molar-refractivity contribution in [3.63, 3.8) is 0 Å². The van der Waals surface area contributed by atoms with Crippen LogP contribution in [0.5, 0.6) is 5.75 Å². The predicted molar refractivity (Wildman–Crippen MR) is 83.5 cm³/mol. The molecule has 3 nitrogen and oxygen atoms in total. The van der Waals surface area contributed by atoms with Crippen LogP contribution < -0.4 is 16.0 Å². The third-order valence-corrected chi connectivity index (χ3v) is 4.29. The first-order chi connectivity index (χ1) is 9.83. The van der Waals surface area contributed by atoms with E-state index in [0.717, 1.165) is 31.1 Å². The smallest absolute Gasteiger partial charge is 0.119 e. The zero-order valence-electron chi connectivity index (χ0n) is 12.6. The zero-order chi connectivity index (χ0) is 14.2. The molecule has 0 amide bonds. The highest BCUT2D eigenvalue weighted by Crippen LogP contribution is 2.33. The van der Waals surface area contributed by atoms with Gasteiger partial charge in [0, 0.05) is 6.04 Å². The molecule has 1 aromatic rings. The van der Waals surface area contributed by atoms with Crippen LogP contribution in [0.1, 0.15) is 63.5 Å². The molecule has 0 radical (unpaired) electrons. The number of hydrazine groups is 1. The van der Waals surface area contributed by atoms with E-state index in [1.54, 1.807) is 0 Å². The van der Waals surface area contributed by atoms with E-state index in [1.807, 2.05) is 0 Å². The molecule has 2 rings (SSSR count). The molecule has 0 aliphatic heterocycles. The average molecular weight is 276 g/mol. The second kappa shape index (κ2) is 8.28. The van der Waals surface area contributed by atoms with Crippen molar-refractivity contribution in [2.24, 2.45) is 11.8 Å². The minimum absolute atomic E-state index is 0.266. The minimum atomic E-state index is 0.266. The van der Waals surface area contributed by atoms with Gasteiger partial charge in [-0.3, -0.25) is 11.3 Å². The Morgan fingerprint density at radius 1 is 1.25 bits per heavy atom. The Kier molecular flexibility index (Phi) is 6.34. The van der Waals surface area contributed by atoms with Gasteiger partial charge in [-0.05, 0) is 36.5 Å².